The standard InChI is InChI=1S/C32H38N2O5/c1-3-4-24(23-7-10-28(35)11-8-23)18-31(36)33-15-13-26-19-34(20-27(26)14-16-33)32(37)25-9-12-29(38-2)30(17-25)39-21-22-5-6-22/h7-12,17,22,24,26-27,35H,5-6,13-16,18-21H2,1-2H3/t24-,26-,27+/m0/s1. The molecular weight excluding hydrogens is 492 g/mol. The number of amides is 2. The molecule has 0 spiro atoms. The largest absolute Gasteiger partial charge is 0.508 e. The number of nitrogens with zero attached hydrogens (tertiary/aromatic N) is 2. The maximum absolute atomic E-state index is 13.4. The molecule has 2 aromatic carbocycles. The lowest BCUT2D eigenvalue weighted by molar-refractivity contribution is -0.131. The summed E-state index contributed by atoms with van der Waals surface area (Å²) in [5.41, 5.74) is 1.57. The third kappa shape index (κ3) is 6.50. The highest BCUT2D eigenvalue weighted by molar-refractivity contribution is 5.95. The van der Waals surface area contributed by atoms with Gasteiger partial charge in [0.2, 0.25) is 5.91 Å². The van der Waals surface area contributed by atoms with E-state index < -0.39 is 0 Å². The molecule has 2 heterocycles. The van der Waals surface area contributed by atoms with Crippen molar-refractivity contribution >= 4 is 11.8 Å². The van der Waals surface area contributed by atoms with Crippen LogP contribution in [0, 0.1) is 29.6 Å². The second-order valence-electron chi connectivity index (χ2n) is 11.1. The molecule has 3 aliphatic rings. The highest BCUT2D eigenvalue weighted by Crippen LogP contribution is 2.36. The predicted molar refractivity (Wildman–Crippen MR) is 149 cm³/mol. The Labute approximate surface area is 231 Å². The van der Waals surface area contributed by atoms with Crippen LogP contribution >= 0.6 is 0 Å². The molecule has 0 radical (unpaired) electrons. The Morgan fingerprint density at radius 2 is 1.67 bits per heavy atom. The number of hydrogen-bond donors (Lipinski definition) is 1. The fourth-order valence-corrected chi connectivity index (χ4v) is 5.80. The maximum atomic E-state index is 13.4. The van der Waals surface area contributed by atoms with E-state index in [1.54, 1.807) is 26.2 Å². The van der Waals surface area contributed by atoms with Gasteiger partial charge >= 0.3 is 0 Å². The first-order valence-corrected chi connectivity index (χ1v) is 14.0. The van der Waals surface area contributed by atoms with Crippen LogP contribution in [-0.4, -0.2) is 66.6 Å². The summed E-state index contributed by atoms with van der Waals surface area (Å²) in [5.74, 6) is 8.95. The van der Waals surface area contributed by atoms with Crippen LogP contribution in [0.5, 0.6) is 17.2 Å². The van der Waals surface area contributed by atoms with Crippen LogP contribution in [0.15, 0.2) is 42.5 Å². The van der Waals surface area contributed by atoms with Gasteiger partial charge < -0.3 is 24.4 Å². The molecule has 0 aromatic heterocycles. The minimum atomic E-state index is -0.193. The summed E-state index contributed by atoms with van der Waals surface area (Å²) in [4.78, 5) is 30.6. The van der Waals surface area contributed by atoms with Gasteiger partial charge in [-0.2, -0.15) is 0 Å². The topological polar surface area (TPSA) is 79.3 Å². The first kappa shape index (κ1) is 26.9. The molecule has 1 aliphatic carbocycles. The first-order chi connectivity index (χ1) is 18.9. The number of likely N-dealkylation sites (tertiary alicyclic amines) is 2. The average molecular weight is 531 g/mol. The minimum absolute atomic E-state index is 0.0322. The lowest BCUT2D eigenvalue weighted by Gasteiger charge is -2.24. The number of benzene rings is 2. The molecular formula is C32H38N2O5. The number of ether oxygens (including phenoxy) is 2. The molecule has 1 saturated carbocycles. The summed E-state index contributed by atoms with van der Waals surface area (Å²) in [6, 6.07) is 12.4. The highest BCUT2D eigenvalue weighted by atomic mass is 16.5. The maximum Gasteiger partial charge on any atom is 0.254 e. The number of fused-ring (bicyclic) bond motifs is 1. The molecule has 0 bridgehead atoms. The smallest absolute Gasteiger partial charge is 0.254 e. The van der Waals surface area contributed by atoms with Crippen molar-refractivity contribution in [3.05, 3.63) is 53.6 Å². The van der Waals surface area contributed by atoms with Gasteiger partial charge in [0, 0.05) is 38.2 Å². The van der Waals surface area contributed by atoms with Crippen molar-refractivity contribution in [3.8, 4) is 29.1 Å². The van der Waals surface area contributed by atoms with Gasteiger partial charge in [-0.3, -0.25) is 9.59 Å². The Morgan fingerprint density at radius 3 is 2.28 bits per heavy atom. The molecule has 5 rings (SSSR count). The third-order valence-corrected chi connectivity index (χ3v) is 8.33. The zero-order chi connectivity index (χ0) is 27.4. The molecule has 2 amide bonds. The third-order valence-electron chi connectivity index (χ3n) is 8.33. The SMILES string of the molecule is CC#C[C@@H](CC(=O)N1CC[C@@H]2CN(C(=O)c3ccc(OC)c(OCC4CC4)c3)C[C@@H]2CC1)c1ccc(O)cc1. The van der Waals surface area contributed by atoms with Gasteiger partial charge in [0.25, 0.3) is 5.91 Å². The van der Waals surface area contributed by atoms with Gasteiger partial charge in [0.05, 0.1) is 19.6 Å². The molecule has 0 unspecified atom stereocenters. The van der Waals surface area contributed by atoms with E-state index in [0.29, 0.717) is 74.0 Å². The summed E-state index contributed by atoms with van der Waals surface area (Å²) in [7, 11) is 1.62. The van der Waals surface area contributed by atoms with Crippen LogP contribution in [0.1, 0.15) is 60.9 Å². The molecule has 2 saturated heterocycles. The first-order valence-electron chi connectivity index (χ1n) is 14.0. The van der Waals surface area contributed by atoms with Crippen molar-refractivity contribution in [2.45, 2.75) is 44.9 Å². The van der Waals surface area contributed by atoms with Gasteiger partial charge in [-0.25, -0.2) is 0 Å². The Balaban J connectivity index is 1.17. The Hall–Kier alpha value is -3.66. The van der Waals surface area contributed by atoms with Crippen molar-refractivity contribution in [2.75, 3.05) is 39.9 Å². The number of aromatic hydroxyl groups is 1. The second-order valence-corrected chi connectivity index (χ2v) is 11.1. The summed E-state index contributed by atoms with van der Waals surface area (Å²) < 4.78 is 11.4. The van der Waals surface area contributed by atoms with Crippen molar-refractivity contribution < 1.29 is 24.2 Å². The highest BCUT2D eigenvalue weighted by Gasteiger charge is 2.38. The molecule has 7 heteroatoms. The molecule has 3 atom stereocenters. The van der Waals surface area contributed by atoms with Crippen molar-refractivity contribution in [1.29, 1.82) is 0 Å². The second kappa shape index (κ2) is 12.0. The normalized spacial score (nSPS) is 21.3. The Kier molecular flexibility index (Phi) is 8.30. The lowest BCUT2D eigenvalue weighted by atomic mass is 9.92. The number of rotatable bonds is 8. The molecule has 2 aromatic rings. The van der Waals surface area contributed by atoms with E-state index in [4.69, 9.17) is 9.47 Å². The zero-order valence-electron chi connectivity index (χ0n) is 22.9. The molecule has 39 heavy (non-hydrogen) atoms. The van der Waals surface area contributed by atoms with E-state index in [-0.39, 0.29) is 23.5 Å². The number of methoxy groups -OCH3 is 1. The van der Waals surface area contributed by atoms with Crippen molar-refractivity contribution in [2.24, 2.45) is 17.8 Å². The number of carbonyl (C=O) groups excluding carboxylic acids is 2. The van der Waals surface area contributed by atoms with Gasteiger partial charge in [-0.1, -0.05) is 18.1 Å². The zero-order valence-corrected chi connectivity index (χ0v) is 22.9. The number of carbonyl (C=O) groups is 2. The van der Waals surface area contributed by atoms with Gasteiger partial charge in [0.15, 0.2) is 11.5 Å². The van der Waals surface area contributed by atoms with Gasteiger partial charge in [0.1, 0.15) is 5.75 Å². The van der Waals surface area contributed by atoms with Crippen molar-refractivity contribution in [1.82, 2.24) is 9.80 Å². The molecule has 1 N–H and O–H groups in total. The average Bonchev–Trinajstić information content (AvgIpc) is 3.73. The van der Waals surface area contributed by atoms with Crippen LogP contribution in [0.3, 0.4) is 0 Å². The van der Waals surface area contributed by atoms with Crippen LogP contribution < -0.4 is 9.47 Å². The quantitative estimate of drug-likeness (QED) is 0.501. The Morgan fingerprint density at radius 1 is 0.974 bits per heavy atom. The monoisotopic (exact) mass is 530 g/mol. The van der Waals surface area contributed by atoms with E-state index in [2.05, 4.69) is 11.8 Å². The van der Waals surface area contributed by atoms with Gasteiger partial charge in [-0.05, 0) is 86.3 Å². The number of phenols is 1. The van der Waals surface area contributed by atoms with E-state index in [0.717, 1.165) is 18.4 Å². The Bertz CT molecular complexity index is 1230. The molecule has 3 fully saturated rings. The van der Waals surface area contributed by atoms with E-state index in [1.807, 2.05) is 40.1 Å². The lowest BCUT2D eigenvalue weighted by Crippen LogP contribution is -2.34. The minimum Gasteiger partial charge on any atom is -0.508 e. The number of phenolic OH excluding ortho intramolecular Hbond substituents is 1. The fraction of sp³-hybridized carbons (Fsp3) is 0.500. The van der Waals surface area contributed by atoms with Crippen LogP contribution in [0.2, 0.25) is 0 Å². The molecule has 206 valence electrons. The van der Waals surface area contributed by atoms with Gasteiger partial charge in [-0.15, -0.1) is 5.92 Å². The van der Waals surface area contributed by atoms with Crippen LogP contribution in [0.25, 0.3) is 0 Å². The molecule has 7 nitrogen and oxygen atoms in total. The van der Waals surface area contributed by atoms with E-state index in [9.17, 15) is 14.7 Å². The fourth-order valence-electron chi connectivity index (χ4n) is 5.80. The number of hydrogen-bond acceptors (Lipinski definition) is 5. The van der Waals surface area contributed by atoms with Crippen LogP contribution in [-0.2, 0) is 4.79 Å². The van der Waals surface area contributed by atoms with Crippen molar-refractivity contribution in [3.63, 3.8) is 0 Å². The predicted octanol–water partition coefficient (Wildman–Crippen LogP) is 4.70. The summed E-state index contributed by atoms with van der Waals surface area (Å²) in [6.07, 6.45) is 4.51. The van der Waals surface area contributed by atoms with Crippen LogP contribution in [0.4, 0.5) is 0 Å². The van der Waals surface area contributed by atoms with E-state index >= 15 is 0 Å². The molecule has 2 aliphatic heterocycles. The van der Waals surface area contributed by atoms with E-state index in [1.165, 1.54) is 12.8 Å². The summed E-state index contributed by atoms with van der Waals surface area (Å²) in [6.45, 7) is 5.28. The summed E-state index contributed by atoms with van der Waals surface area (Å²) >= 11 is 0. The summed E-state index contributed by atoms with van der Waals surface area (Å²) in [5, 5.41) is 9.61.